The van der Waals surface area contributed by atoms with E-state index in [1.165, 1.54) is 13.3 Å². The molecule has 23 heavy (non-hydrogen) atoms. The van der Waals surface area contributed by atoms with Crippen molar-refractivity contribution in [1.29, 1.82) is 0 Å². The lowest BCUT2D eigenvalue weighted by Crippen LogP contribution is -2.50. The Hall–Kier alpha value is -2.64. The van der Waals surface area contributed by atoms with E-state index in [9.17, 15) is 9.59 Å². The fourth-order valence-electron chi connectivity index (χ4n) is 2.65. The molecule has 8 nitrogen and oxygen atoms in total. The number of carbonyl (C=O) groups excluding carboxylic acids is 2. The third kappa shape index (κ3) is 2.84. The van der Waals surface area contributed by atoms with Gasteiger partial charge in [0, 0.05) is 32.4 Å². The number of hydrogen-bond donors (Lipinski definition) is 0. The zero-order valence-corrected chi connectivity index (χ0v) is 13.1. The number of amides is 2. The van der Waals surface area contributed by atoms with Gasteiger partial charge in [-0.1, -0.05) is 12.1 Å². The van der Waals surface area contributed by atoms with Gasteiger partial charge in [-0.2, -0.15) is 0 Å². The molecule has 0 aromatic carbocycles. The van der Waals surface area contributed by atoms with Gasteiger partial charge in [0.05, 0.1) is 23.8 Å². The molecule has 2 aromatic heterocycles. The monoisotopic (exact) mass is 318 g/mol. The minimum absolute atomic E-state index is 0.104. The van der Waals surface area contributed by atoms with Gasteiger partial charge in [0.15, 0.2) is 0 Å². The second kappa shape index (κ2) is 6.23. The van der Waals surface area contributed by atoms with Crippen molar-refractivity contribution in [2.75, 3.05) is 33.3 Å². The van der Waals surface area contributed by atoms with E-state index >= 15 is 0 Å². The van der Waals surface area contributed by atoms with Gasteiger partial charge >= 0.3 is 6.09 Å². The second-order valence-corrected chi connectivity index (χ2v) is 5.31. The number of ether oxygens (including phenoxy) is 1. The third-order valence-electron chi connectivity index (χ3n) is 3.99. The van der Waals surface area contributed by atoms with Crippen molar-refractivity contribution in [2.24, 2.45) is 0 Å². The van der Waals surface area contributed by atoms with E-state index in [0.717, 1.165) is 11.1 Å². The Balaban J connectivity index is 1.75. The number of piperazine rings is 1. The summed E-state index contributed by atoms with van der Waals surface area (Å²) in [7, 11) is 1.35. The van der Waals surface area contributed by atoms with Gasteiger partial charge < -0.3 is 19.1 Å². The number of aryl methyl sites for hydroxylation is 1. The standard InChI is InChI=1S/C15H18N4O4/c1-3-12-11-8-10(9-16-13(11)23-17-12)14(20)18-4-6-19(7-5-18)15(21)22-2/h8-9H,3-7H2,1-2H3. The highest BCUT2D eigenvalue weighted by atomic mass is 16.5. The lowest BCUT2D eigenvalue weighted by molar-refractivity contribution is 0.0599. The molecular formula is C15H18N4O4. The first-order valence-electron chi connectivity index (χ1n) is 7.50. The van der Waals surface area contributed by atoms with Crippen LogP contribution in [0.1, 0.15) is 23.0 Å². The van der Waals surface area contributed by atoms with E-state index in [0.29, 0.717) is 43.9 Å². The summed E-state index contributed by atoms with van der Waals surface area (Å²) in [6, 6.07) is 1.77. The molecule has 1 aliphatic rings. The van der Waals surface area contributed by atoms with Gasteiger partial charge in [-0.25, -0.2) is 9.78 Å². The first-order chi connectivity index (χ1) is 11.1. The summed E-state index contributed by atoms with van der Waals surface area (Å²) in [6.07, 6.45) is 1.85. The van der Waals surface area contributed by atoms with Crippen LogP contribution < -0.4 is 0 Å². The fourth-order valence-corrected chi connectivity index (χ4v) is 2.65. The molecule has 122 valence electrons. The van der Waals surface area contributed by atoms with Gasteiger partial charge in [-0.15, -0.1) is 0 Å². The highest BCUT2D eigenvalue weighted by molar-refractivity contribution is 5.97. The van der Waals surface area contributed by atoms with Crippen LogP contribution in [0.2, 0.25) is 0 Å². The van der Waals surface area contributed by atoms with E-state index in [1.54, 1.807) is 15.9 Å². The molecule has 1 saturated heterocycles. The van der Waals surface area contributed by atoms with Crippen molar-refractivity contribution >= 4 is 23.1 Å². The molecule has 0 unspecified atom stereocenters. The average Bonchev–Trinajstić information content (AvgIpc) is 3.02. The van der Waals surface area contributed by atoms with Gasteiger partial charge in [0.2, 0.25) is 0 Å². The molecule has 1 fully saturated rings. The second-order valence-electron chi connectivity index (χ2n) is 5.31. The summed E-state index contributed by atoms with van der Waals surface area (Å²) in [6.45, 7) is 3.83. The van der Waals surface area contributed by atoms with Crippen LogP contribution in [0.15, 0.2) is 16.8 Å². The summed E-state index contributed by atoms with van der Waals surface area (Å²) < 4.78 is 9.82. The molecular weight excluding hydrogens is 300 g/mol. The average molecular weight is 318 g/mol. The summed E-state index contributed by atoms with van der Waals surface area (Å²) in [5.74, 6) is -0.104. The van der Waals surface area contributed by atoms with Crippen LogP contribution >= 0.6 is 0 Å². The van der Waals surface area contributed by atoms with E-state index in [4.69, 9.17) is 9.26 Å². The topological polar surface area (TPSA) is 88.8 Å². The number of rotatable bonds is 2. The maximum absolute atomic E-state index is 12.6. The Morgan fingerprint density at radius 3 is 2.61 bits per heavy atom. The van der Waals surface area contributed by atoms with Crippen molar-refractivity contribution in [3.63, 3.8) is 0 Å². The van der Waals surface area contributed by atoms with Gasteiger partial charge in [-0.3, -0.25) is 4.79 Å². The number of hydrogen-bond acceptors (Lipinski definition) is 6. The summed E-state index contributed by atoms with van der Waals surface area (Å²) in [4.78, 5) is 31.5. The Labute approximate surface area is 133 Å². The lowest BCUT2D eigenvalue weighted by atomic mass is 10.1. The number of pyridine rings is 1. The summed E-state index contributed by atoms with van der Waals surface area (Å²) in [5, 5.41) is 4.71. The van der Waals surface area contributed by atoms with Crippen LogP contribution in [0.4, 0.5) is 4.79 Å². The molecule has 2 aromatic rings. The fraction of sp³-hybridized carbons (Fsp3) is 0.467. The minimum atomic E-state index is -0.364. The minimum Gasteiger partial charge on any atom is -0.453 e. The first-order valence-corrected chi connectivity index (χ1v) is 7.50. The van der Waals surface area contributed by atoms with Crippen LogP contribution in [-0.4, -0.2) is 65.2 Å². The van der Waals surface area contributed by atoms with Crippen LogP contribution in [-0.2, 0) is 11.2 Å². The maximum atomic E-state index is 12.6. The molecule has 0 radical (unpaired) electrons. The van der Waals surface area contributed by atoms with Crippen molar-refractivity contribution < 1.29 is 18.8 Å². The molecule has 0 spiro atoms. The van der Waals surface area contributed by atoms with E-state index in [-0.39, 0.29) is 12.0 Å². The molecule has 0 N–H and O–H groups in total. The Morgan fingerprint density at radius 1 is 1.26 bits per heavy atom. The van der Waals surface area contributed by atoms with E-state index in [1.807, 2.05) is 6.92 Å². The SMILES string of the molecule is CCc1noc2ncc(C(=O)N3CCN(C(=O)OC)CC3)cc12. The number of nitrogens with zero attached hydrogens (tertiary/aromatic N) is 4. The van der Waals surface area contributed by atoms with Crippen molar-refractivity contribution in [2.45, 2.75) is 13.3 Å². The third-order valence-corrected chi connectivity index (χ3v) is 3.99. The van der Waals surface area contributed by atoms with E-state index < -0.39 is 0 Å². The Kier molecular flexibility index (Phi) is 4.14. The van der Waals surface area contributed by atoms with Crippen molar-refractivity contribution in [1.82, 2.24) is 19.9 Å². The first kappa shape index (κ1) is 15.3. The largest absolute Gasteiger partial charge is 0.453 e. The molecule has 0 atom stereocenters. The lowest BCUT2D eigenvalue weighted by Gasteiger charge is -2.33. The highest BCUT2D eigenvalue weighted by Crippen LogP contribution is 2.19. The molecule has 8 heteroatoms. The summed E-state index contributed by atoms with van der Waals surface area (Å²) >= 11 is 0. The zero-order chi connectivity index (χ0) is 16.4. The molecule has 3 rings (SSSR count). The highest BCUT2D eigenvalue weighted by Gasteiger charge is 2.25. The van der Waals surface area contributed by atoms with Gasteiger partial charge in [-0.05, 0) is 12.5 Å². The molecule has 0 saturated carbocycles. The van der Waals surface area contributed by atoms with E-state index in [2.05, 4.69) is 10.1 Å². The quantitative estimate of drug-likeness (QED) is 0.829. The number of methoxy groups -OCH3 is 1. The predicted octanol–water partition coefficient (Wildman–Crippen LogP) is 1.31. The van der Waals surface area contributed by atoms with Gasteiger partial charge in [0.1, 0.15) is 0 Å². The van der Waals surface area contributed by atoms with Crippen LogP contribution in [0.5, 0.6) is 0 Å². The molecule has 0 aliphatic carbocycles. The Morgan fingerprint density at radius 2 is 1.96 bits per heavy atom. The zero-order valence-electron chi connectivity index (χ0n) is 13.1. The van der Waals surface area contributed by atoms with Crippen LogP contribution in [0.25, 0.3) is 11.1 Å². The smallest absolute Gasteiger partial charge is 0.409 e. The molecule has 0 bridgehead atoms. The van der Waals surface area contributed by atoms with Gasteiger partial charge in [0.25, 0.3) is 11.6 Å². The predicted molar refractivity (Wildman–Crippen MR) is 81.1 cm³/mol. The molecule has 1 aliphatic heterocycles. The number of aromatic nitrogens is 2. The molecule has 3 heterocycles. The normalized spacial score (nSPS) is 15.0. The van der Waals surface area contributed by atoms with Crippen molar-refractivity contribution in [3.05, 3.63) is 23.5 Å². The van der Waals surface area contributed by atoms with Crippen LogP contribution in [0.3, 0.4) is 0 Å². The molecule has 2 amide bonds. The summed E-state index contributed by atoms with van der Waals surface area (Å²) in [5.41, 5.74) is 1.73. The number of fused-ring (bicyclic) bond motifs is 1. The van der Waals surface area contributed by atoms with Crippen molar-refractivity contribution in [3.8, 4) is 0 Å². The maximum Gasteiger partial charge on any atom is 0.409 e. The Bertz CT molecular complexity index is 734. The van der Waals surface area contributed by atoms with Crippen LogP contribution in [0, 0.1) is 0 Å². The number of carbonyl (C=O) groups is 2.